The smallest absolute Gasteiger partial charge is 0.154 e. The van der Waals surface area contributed by atoms with E-state index in [0.29, 0.717) is 12.1 Å². The Labute approximate surface area is 199 Å². The number of aromatic nitrogens is 4. The van der Waals surface area contributed by atoms with Crippen molar-refractivity contribution in [3.05, 3.63) is 48.8 Å². The predicted molar refractivity (Wildman–Crippen MR) is 135 cm³/mol. The number of fused-ring (bicyclic) bond motifs is 2. The number of aliphatic hydroxyl groups is 2. The molecule has 2 saturated carbocycles. The topological polar surface area (TPSA) is 124 Å². The van der Waals surface area contributed by atoms with Crippen LogP contribution in [0.3, 0.4) is 0 Å². The maximum absolute atomic E-state index is 9.67. The second kappa shape index (κ2) is 10.1. The van der Waals surface area contributed by atoms with Crippen LogP contribution in [0.2, 0.25) is 0 Å². The highest BCUT2D eigenvalue weighted by atomic mass is 16.3. The van der Waals surface area contributed by atoms with Crippen LogP contribution in [0.4, 0.5) is 5.82 Å². The average Bonchev–Trinajstić information content (AvgIpc) is 3.49. The number of nitrogens with zero attached hydrogens (tertiary/aromatic N) is 3. The molecule has 0 aliphatic heterocycles. The molecule has 3 heterocycles. The van der Waals surface area contributed by atoms with E-state index in [0.717, 1.165) is 79.6 Å². The van der Waals surface area contributed by atoms with Crippen molar-refractivity contribution in [2.75, 3.05) is 5.32 Å². The van der Waals surface area contributed by atoms with Gasteiger partial charge in [-0.15, -0.1) is 5.10 Å². The number of anilines is 1. The van der Waals surface area contributed by atoms with Crippen molar-refractivity contribution >= 4 is 22.4 Å². The molecule has 1 aromatic carbocycles. The molecule has 6 rings (SSSR count). The molecule has 0 bridgehead atoms. The molecule has 4 aromatic rings. The number of rotatable bonds is 3. The molecule has 180 valence electrons. The van der Waals surface area contributed by atoms with Gasteiger partial charge in [0.1, 0.15) is 5.82 Å². The van der Waals surface area contributed by atoms with Gasteiger partial charge in [0.15, 0.2) is 5.65 Å². The lowest BCUT2D eigenvalue weighted by molar-refractivity contribution is 0.123. The van der Waals surface area contributed by atoms with Gasteiger partial charge >= 0.3 is 0 Å². The van der Waals surface area contributed by atoms with Crippen LogP contribution in [0.15, 0.2) is 48.8 Å². The van der Waals surface area contributed by atoms with E-state index in [1.54, 1.807) is 0 Å². The van der Waals surface area contributed by atoms with Gasteiger partial charge in [0.25, 0.3) is 0 Å². The van der Waals surface area contributed by atoms with Crippen LogP contribution in [0.5, 0.6) is 0 Å². The summed E-state index contributed by atoms with van der Waals surface area (Å²) in [5.74, 6) is 0.848. The van der Waals surface area contributed by atoms with Crippen LogP contribution in [0.25, 0.3) is 27.8 Å². The summed E-state index contributed by atoms with van der Waals surface area (Å²) in [4.78, 5) is 7.71. The minimum Gasteiger partial charge on any atom is -0.393 e. The lowest BCUT2D eigenvalue weighted by Crippen LogP contribution is -2.28. The summed E-state index contributed by atoms with van der Waals surface area (Å²) in [6.45, 7) is 0. The third-order valence-corrected chi connectivity index (χ3v) is 7.00. The summed E-state index contributed by atoms with van der Waals surface area (Å²) < 4.78 is 1.90. The second-order valence-electron chi connectivity index (χ2n) is 9.63. The predicted octanol–water partition coefficient (Wildman–Crippen LogP) is 3.84. The van der Waals surface area contributed by atoms with Crippen LogP contribution in [0, 0.1) is 0 Å². The maximum atomic E-state index is 9.67. The first-order chi connectivity index (χ1) is 16.5. The zero-order valence-corrected chi connectivity index (χ0v) is 19.4. The van der Waals surface area contributed by atoms with Crippen LogP contribution in [-0.4, -0.2) is 54.1 Å². The Morgan fingerprint density at radius 1 is 0.912 bits per heavy atom. The second-order valence-corrected chi connectivity index (χ2v) is 9.63. The molecular formula is C26H34N6O2. The van der Waals surface area contributed by atoms with E-state index in [2.05, 4.69) is 39.6 Å². The van der Waals surface area contributed by atoms with Gasteiger partial charge in [0.05, 0.1) is 24.1 Å². The number of nitrogens with two attached hydrogens (primary N) is 1. The normalized spacial score (nSPS) is 25.1. The molecule has 3 aromatic heterocycles. The highest BCUT2D eigenvalue weighted by molar-refractivity contribution is 5.84. The van der Waals surface area contributed by atoms with Crippen molar-refractivity contribution in [2.24, 2.45) is 5.73 Å². The fourth-order valence-corrected chi connectivity index (χ4v) is 4.89. The van der Waals surface area contributed by atoms with Gasteiger partial charge in [-0.1, -0.05) is 6.07 Å². The minimum atomic E-state index is -0.146. The summed E-state index contributed by atoms with van der Waals surface area (Å²) in [6, 6.07) is 13.1. The quantitative estimate of drug-likeness (QED) is 0.315. The van der Waals surface area contributed by atoms with Crippen LogP contribution in [-0.2, 0) is 0 Å². The standard InChI is InChI=1S/C20H21N5O.C6H13NO/c26-16-4-2-15(3-5-16)23-19-7-8-20-22-12-18(25(20)24-19)14-1-6-17-13(11-14)9-10-21-17;7-5-1-3-6(8)4-2-5/h1,6-12,15-16,21,26H,2-5H2,(H,23,24);5-6,8H,1-4,7H2/t15-,16-;5-,6-. The highest BCUT2D eigenvalue weighted by Gasteiger charge is 2.20. The molecule has 2 fully saturated rings. The largest absolute Gasteiger partial charge is 0.393 e. The van der Waals surface area contributed by atoms with E-state index in [1.807, 2.05) is 29.0 Å². The first-order valence-corrected chi connectivity index (χ1v) is 12.4. The van der Waals surface area contributed by atoms with Crippen LogP contribution in [0.1, 0.15) is 51.4 Å². The molecule has 0 unspecified atom stereocenters. The van der Waals surface area contributed by atoms with E-state index < -0.39 is 0 Å². The molecule has 2 aliphatic rings. The van der Waals surface area contributed by atoms with Crippen LogP contribution >= 0.6 is 0 Å². The van der Waals surface area contributed by atoms with Crippen molar-refractivity contribution < 1.29 is 10.2 Å². The van der Waals surface area contributed by atoms with Crippen molar-refractivity contribution in [3.63, 3.8) is 0 Å². The zero-order valence-electron chi connectivity index (χ0n) is 19.4. The summed E-state index contributed by atoms with van der Waals surface area (Å²) >= 11 is 0. The Kier molecular flexibility index (Phi) is 6.80. The van der Waals surface area contributed by atoms with E-state index in [1.165, 1.54) is 5.39 Å². The van der Waals surface area contributed by atoms with Gasteiger partial charge in [-0.2, -0.15) is 0 Å². The third-order valence-electron chi connectivity index (χ3n) is 7.00. The molecule has 2 aliphatic carbocycles. The third kappa shape index (κ3) is 5.24. The number of benzene rings is 1. The SMILES string of the molecule is N[C@H]1CC[C@H](O)CC1.O[C@H]1CC[C@H](Nc2ccc3ncc(-c4ccc5[nH]ccc5c4)n3n2)CC1. The number of nitrogens with one attached hydrogen (secondary N) is 2. The van der Waals surface area contributed by atoms with Crippen molar-refractivity contribution in [3.8, 4) is 11.3 Å². The van der Waals surface area contributed by atoms with Crippen molar-refractivity contribution in [1.29, 1.82) is 0 Å². The summed E-state index contributed by atoms with van der Waals surface area (Å²) in [5, 5.41) is 28.1. The van der Waals surface area contributed by atoms with Gasteiger partial charge in [0.2, 0.25) is 0 Å². The molecule has 0 spiro atoms. The molecule has 8 nitrogen and oxygen atoms in total. The molecule has 34 heavy (non-hydrogen) atoms. The Morgan fingerprint density at radius 2 is 1.65 bits per heavy atom. The highest BCUT2D eigenvalue weighted by Crippen LogP contribution is 2.26. The first kappa shape index (κ1) is 22.8. The Balaban J connectivity index is 0.000000257. The van der Waals surface area contributed by atoms with E-state index in [9.17, 15) is 5.11 Å². The van der Waals surface area contributed by atoms with E-state index in [-0.39, 0.29) is 12.2 Å². The first-order valence-electron chi connectivity index (χ1n) is 12.4. The molecular weight excluding hydrogens is 428 g/mol. The van der Waals surface area contributed by atoms with Crippen molar-refractivity contribution in [2.45, 2.75) is 75.7 Å². The number of aromatic amines is 1. The minimum absolute atomic E-state index is 0.0604. The van der Waals surface area contributed by atoms with E-state index in [4.69, 9.17) is 15.9 Å². The fourth-order valence-electron chi connectivity index (χ4n) is 4.89. The fraction of sp³-hybridized carbons (Fsp3) is 0.462. The number of imidazole rings is 1. The Morgan fingerprint density at radius 3 is 2.38 bits per heavy atom. The van der Waals surface area contributed by atoms with Crippen LogP contribution < -0.4 is 11.1 Å². The van der Waals surface area contributed by atoms with Gasteiger partial charge < -0.3 is 26.2 Å². The summed E-state index contributed by atoms with van der Waals surface area (Å²) in [5.41, 5.74) is 9.61. The number of H-pyrrole nitrogens is 1. The molecule has 0 radical (unpaired) electrons. The zero-order chi connectivity index (χ0) is 23.5. The van der Waals surface area contributed by atoms with Gasteiger partial charge in [0, 0.05) is 34.7 Å². The van der Waals surface area contributed by atoms with Gasteiger partial charge in [-0.3, -0.25) is 0 Å². The number of hydrogen-bond donors (Lipinski definition) is 5. The maximum Gasteiger partial charge on any atom is 0.154 e. The lowest BCUT2D eigenvalue weighted by Gasteiger charge is -2.26. The monoisotopic (exact) mass is 462 g/mol. The molecule has 6 N–H and O–H groups in total. The van der Waals surface area contributed by atoms with Gasteiger partial charge in [-0.05, 0) is 81.7 Å². The number of aliphatic hydroxyl groups excluding tert-OH is 2. The summed E-state index contributed by atoms with van der Waals surface area (Å²) in [7, 11) is 0. The van der Waals surface area contributed by atoms with Gasteiger partial charge in [-0.25, -0.2) is 9.50 Å². The average molecular weight is 463 g/mol. The number of hydrogen-bond acceptors (Lipinski definition) is 6. The molecule has 0 amide bonds. The Hall–Kier alpha value is -2.94. The summed E-state index contributed by atoms with van der Waals surface area (Å²) in [6.07, 6.45) is 11.1. The molecule has 0 saturated heterocycles. The van der Waals surface area contributed by atoms with Crippen molar-refractivity contribution in [1.82, 2.24) is 19.6 Å². The molecule has 0 atom stereocenters. The lowest BCUT2D eigenvalue weighted by atomic mass is 9.93. The van der Waals surface area contributed by atoms with E-state index >= 15 is 0 Å². The molecule has 8 heteroatoms. The Bertz CT molecular complexity index is 1210.